The summed E-state index contributed by atoms with van der Waals surface area (Å²) in [6, 6.07) is -0.827. The summed E-state index contributed by atoms with van der Waals surface area (Å²) in [7, 11) is 1.68. The third-order valence-corrected chi connectivity index (χ3v) is 2.13. The molecule has 74 valence electrons. The molecule has 0 aromatic rings. The molecule has 2 N–H and O–H groups in total. The number of aliphatic carboxylic acids is 1. The quantitative estimate of drug-likeness (QED) is 0.664. The monoisotopic (exact) mass is 186 g/mol. The zero-order chi connectivity index (χ0) is 10.0. The Morgan fingerprint density at radius 3 is 2.46 bits per heavy atom. The maximum absolute atomic E-state index is 11.3. The van der Waals surface area contributed by atoms with Crippen LogP contribution >= 0.6 is 0 Å². The van der Waals surface area contributed by atoms with Gasteiger partial charge in [-0.1, -0.05) is 0 Å². The van der Waals surface area contributed by atoms with E-state index in [0.717, 1.165) is 12.8 Å². The first-order valence-electron chi connectivity index (χ1n) is 4.28. The first kappa shape index (κ1) is 9.83. The lowest BCUT2D eigenvalue weighted by molar-refractivity contribution is -0.138. The second-order valence-electron chi connectivity index (χ2n) is 3.35. The molecule has 0 radical (unpaired) electrons. The Hall–Kier alpha value is -1.26. The molecule has 1 rings (SSSR count). The van der Waals surface area contributed by atoms with Crippen LogP contribution in [0.15, 0.2) is 0 Å². The predicted molar refractivity (Wildman–Crippen MR) is 46.4 cm³/mol. The molecule has 1 unspecified atom stereocenters. The fourth-order valence-electron chi connectivity index (χ4n) is 0.976. The Morgan fingerprint density at radius 2 is 2.08 bits per heavy atom. The van der Waals surface area contributed by atoms with E-state index in [-0.39, 0.29) is 6.03 Å². The van der Waals surface area contributed by atoms with Crippen LogP contribution in [0.1, 0.15) is 19.8 Å². The summed E-state index contributed by atoms with van der Waals surface area (Å²) in [4.78, 5) is 23.3. The molecule has 5 heteroatoms. The van der Waals surface area contributed by atoms with Gasteiger partial charge in [0, 0.05) is 13.1 Å². The normalized spacial score (nSPS) is 17.7. The fourth-order valence-corrected chi connectivity index (χ4v) is 0.976. The zero-order valence-electron chi connectivity index (χ0n) is 7.78. The lowest BCUT2D eigenvalue weighted by Crippen LogP contribution is -2.45. The molecule has 0 aliphatic heterocycles. The van der Waals surface area contributed by atoms with Gasteiger partial charge in [0.1, 0.15) is 6.04 Å². The zero-order valence-corrected chi connectivity index (χ0v) is 7.78. The number of rotatable bonds is 3. The lowest BCUT2D eigenvalue weighted by Gasteiger charge is -2.18. The minimum Gasteiger partial charge on any atom is -0.480 e. The molecule has 13 heavy (non-hydrogen) atoms. The van der Waals surface area contributed by atoms with Crippen LogP contribution < -0.4 is 5.32 Å². The van der Waals surface area contributed by atoms with Gasteiger partial charge in [0.05, 0.1) is 0 Å². The summed E-state index contributed by atoms with van der Waals surface area (Å²) in [5.41, 5.74) is 0. The van der Waals surface area contributed by atoms with Crippen LogP contribution in [0.3, 0.4) is 0 Å². The highest BCUT2D eigenvalue weighted by atomic mass is 16.4. The second kappa shape index (κ2) is 3.64. The summed E-state index contributed by atoms with van der Waals surface area (Å²) in [6.07, 6.45) is 2.04. The molecule has 1 atom stereocenters. The van der Waals surface area contributed by atoms with Crippen LogP contribution in [0.25, 0.3) is 0 Å². The van der Waals surface area contributed by atoms with E-state index in [2.05, 4.69) is 5.32 Å². The van der Waals surface area contributed by atoms with E-state index < -0.39 is 12.0 Å². The van der Waals surface area contributed by atoms with Crippen molar-refractivity contribution in [2.75, 3.05) is 7.05 Å². The molecule has 1 aliphatic carbocycles. The van der Waals surface area contributed by atoms with Crippen LogP contribution in [-0.4, -0.2) is 41.1 Å². The number of nitrogens with zero attached hydrogens (tertiary/aromatic N) is 1. The first-order chi connectivity index (χ1) is 6.02. The van der Waals surface area contributed by atoms with E-state index in [1.165, 1.54) is 6.92 Å². The molecule has 0 bridgehead atoms. The minimum absolute atomic E-state index is 0.306. The molecule has 5 nitrogen and oxygen atoms in total. The molecule has 1 fully saturated rings. The minimum atomic E-state index is -1.02. The molecule has 1 aliphatic rings. The average Bonchev–Trinajstić information content (AvgIpc) is 2.85. The van der Waals surface area contributed by atoms with Crippen LogP contribution in [-0.2, 0) is 4.79 Å². The largest absolute Gasteiger partial charge is 0.480 e. The molecular formula is C8H14N2O3. The number of hydrogen-bond acceptors (Lipinski definition) is 2. The van der Waals surface area contributed by atoms with Crippen molar-refractivity contribution in [3.63, 3.8) is 0 Å². The number of carboxylic acid groups (broad SMARTS) is 1. The van der Waals surface area contributed by atoms with Crippen molar-refractivity contribution >= 4 is 12.0 Å². The van der Waals surface area contributed by atoms with E-state index >= 15 is 0 Å². The number of amides is 2. The molecule has 2 amide bonds. The smallest absolute Gasteiger partial charge is 0.325 e. The molecule has 0 spiro atoms. The van der Waals surface area contributed by atoms with Gasteiger partial charge < -0.3 is 15.3 Å². The van der Waals surface area contributed by atoms with Gasteiger partial charge >= 0.3 is 12.0 Å². The maximum Gasteiger partial charge on any atom is 0.325 e. The number of nitrogens with one attached hydrogen (secondary N) is 1. The standard InChI is InChI=1S/C8H14N2O3/c1-5(7(11)12)9-8(13)10(2)6-3-4-6/h5-6H,3-4H2,1-2H3,(H,9,13)(H,11,12). The lowest BCUT2D eigenvalue weighted by atomic mass is 10.3. The molecule has 0 heterocycles. The van der Waals surface area contributed by atoms with Gasteiger partial charge in [-0.05, 0) is 19.8 Å². The SMILES string of the molecule is CC(NC(=O)N(C)C1CC1)C(=O)O. The van der Waals surface area contributed by atoms with Crippen molar-refractivity contribution in [2.24, 2.45) is 0 Å². The highest BCUT2D eigenvalue weighted by Gasteiger charge is 2.30. The Morgan fingerprint density at radius 1 is 1.54 bits per heavy atom. The number of carbonyl (C=O) groups is 2. The topological polar surface area (TPSA) is 69.6 Å². The van der Waals surface area contributed by atoms with Crippen molar-refractivity contribution < 1.29 is 14.7 Å². The van der Waals surface area contributed by atoms with Gasteiger partial charge in [0.15, 0.2) is 0 Å². The van der Waals surface area contributed by atoms with Crippen molar-refractivity contribution in [1.82, 2.24) is 10.2 Å². The Labute approximate surface area is 76.7 Å². The average molecular weight is 186 g/mol. The van der Waals surface area contributed by atoms with Gasteiger partial charge in [-0.25, -0.2) is 4.79 Å². The number of carboxylic acids is 1. The summed E-state index contributed by atoms with van der Waals surface area (Å²) in [5.74, 6) is -1.02. The fraction of sp³-hybridized carbons (Fsp3) is 0.750. The second-order valence-corrected chi connectivity index (χ2v) is 3.35. The van der Waals surface area contributed by atoms with Gasteiger partial charge in [-0.2, -0.15) is 0 Å². The van der Waals surface area contributed by atoms with E-state index in [4.69, 9.17) is 5.11 Å². The van der Waals surface area contributed by atoms with Crippen molar-refractivity contribution in [3.05, 3.63) is 0 Å². The van der Waals surface area contributed by atoms with E-state index in [1.807, 2.05) is 0 Å². The molecule has 1 saturated carbocycles. The molecule has 0 saturated heterocycles. The van der Waals surface area contributed by atoms with Crippen molar-refractivity contribution in [3.8, 4) is 0 Å². The van der Waals surface area contributed by atoms with Gasteiger partial charge in [0.2, 0.25) is 0 Å². The first-order valence-corrected chi connectivity index (χ1v) is 4.28. The van der Waals surface area contributed by atoms with Gasteiger partial charge in [-0.3, -0.25) is 4.79 Å². The van der Waals surface area contributed by atoms with Gasteiger partial charge in [-0.15, -0.1) is 0 Å². The number of hydrogen-bond donors (Lipinski definition) is 2. The van der Waals surface area contributed by atoms with E-state index in [0.29, 0.717) is 6.04 Å². The summed E-state index contributed by atoms with van der Waals surface area (Å²) in [5, 5.41) is 10.9. The van der Waals surface area contributed by atoms with Gasteiger partial charge in [0.25, 0.3) is 0 Å². The summed E-state index contributed by atoms with van der Waals surface area (Å²) in [6.45, 7) is 1.45. The Kier molecular flexibility index (Phi) is 2.75. The maximum atomic E-state index is 11.3. The predicted octanol–water partition coefficient (Wildman–Crippen LogP) is 0.263. The van der Waals surface area contributed by atoms with Crippen molar-refractivity contribution in [2.45, 2.75) is 31.8 Å². The van der Waals surface area contributed by atoms with E-state index in [9.17, 15) is 9.59 Å². The molecule has 0 aromatic carbocycles. The van der Waals surface area contributed by atoms with E-state index in [1.54, 1.807) is 11.9 Å². The summed E-state index contributed by atoms with van der Waals surface area (Å²) >= 11 is 0. The Bertz CT molecular complexity index is 225. The van der Waals surface area contributed by atoms with Crippen LogP contribution in [0.4, 0.5) is 4.79 Å². The van der Waals surface area contributed by atoms with Crippen LogP contribution in [0.5, 0.6) is 0 Å². The van der Waals surface area contributed by atoms with Crippen LogP contribution in [0, 0.1) is 0 Å². The highest BCUT2D eigenvalue weighted by Crippen LogP contribution is 2.25. The highest BCUT2D eigenvalue weighted by molar-refractivity contribution is 5.82. The Balaban J connectivity index is 2.35. The molecular weight excluding hydrogens is 172 g/mol. The number of carbonyl (C=O) groups excluding carboxylic acids is 1. The van der Waals surface area contributed by atoms with Crippen molar-refractivity contribution in [1.29, 1.82) is 0 Å². The third-order valence-electron chi connectivity index (χ3n) is 2.13. The summed E-state index contributed by atoms with van der Waals surface area (Å²) < 4.78 is 0. The van der Waals surface area contributed by atoms with Crippen LogP contribution in [0.2, 0.25) is 0 Å². The number of urea groups is 1. The third kappa shape index (κ3) is 2.61. The molecule has 0 aromatic heterocycles.